The van der Waals surface area contributed by atoms with Gasteiger partial charge in [0.15, 0.2) is 7.51 Å². The minimum absolute atomic E-state index is 0.401. The molecule has 22 heavy (non-hydrogen) atoms. The Morgan fingerprint density at radius 1 is 0.955 bits per heavy atom. The van der Waals surface area contributed by atoms with E-state index in [0.29, 0.717) is 6.42 Å². The third-order valence-corrected chi connectivity index (χ3v) is 6.76. The molecule has 7 heteroatoms. The van der Waals surface area contributed by atoms with Gasteiger partial charge in [-0.05, 0) is 54.4 Å². The van der Waals surface area contributed by atoms with Crippen molar-refractivity contribution in [3.63, 3.8) is 0 Å². The number of para-hydroxylation sites is 1. The topological polar surface area (TPSA) is 40.5 Å². The van der Waals surface area contributed by atoms with Crippen LogP contribution in [0.3, 0.4) is 0 Å². The minimum atomic E-state index is -2.06. The predicted molar refractivity (Wildman–Crippen MR) is 92.6 cm³/mol. The molecule has 0 aromatic heterocycles. The zero-order valence-electron chi connectivity index (χ0n) is 14.7. The lowest BCUT2D eigenvalue weighted by Gasteiger charge is -2.40. The highest BCUT2D eigenvalue weighted by Crippen LogP contribution is 2.54. The van der Waals surface area contributed by atoms with Gasteiger partial charge >= 0.3 is 0 Å². The van der Waals surface area contributed by atoms with Gasteiger partial charge in [-0.2, -0.15) is 0 Å². The Hall–Kier alpha value is -0.910. The maximum atomic E-state index is 5.84. The molecule has 0 aliphatic carbocycles. The Morgan fingerprint density at radius 3 is 1.86 bits per heavy atom. The van der Waals surface area contributed by atoms with Crippen molar-refractivity contribution in [1.29, 1.82) is 0 Å². The zero-order chi connectivity index (χ0) is 16.8. The van der Waals surface area contributed by atoms with Crippen molar-refractivity contribution in [3.8, 4) is 5.75 Å². The van der Waals surface area contributed by atoms with Gasteiger partial charge in [-0.3, -0.25) is 14.0 Å². The highest BCUT2D eigenvalue weighted by molar-refractivity contribution is 7.58. The lowest BCUT2D eigenvalue weighted by Crippen LogP contribution is -2.31. The highest BCUT2D eigenvalue weighted by Gasteiger charge is 2.30. The molecule has 0 fully saturated rings. The van der Waals surface area contributed by atoms with Crippen LogP contribution in [0.4, 0.5) is 0 Å². The van der Waals surface area contributed by atoms with Gasteiger partial charge in [0, 0.05) is 6.42 Å². The largest absolute Gasteiger partial charge is 0.463 e. The second kappa shape index (κ2) is 8.65. The van der Waals surface area contributed by atoms with Gasteiger partial charge in [-0.1, -0.05) is 25.1 Å². The van der Waals surface area contributed by atoms with Crippen LogP contribution >= 0.6 is 7.51 Å². The molecule has 0 aliphatic heterocycles. The SMILES string of the molecule is CCC(ON=P(N(C)C)(N(C)C)N(C)C)Oc1ccccc1. The average Bonchev–Trinajstić information content (AvgIpc) is 2.46. The summed E-state index contributed by atoms with van der Waals surface area (Å²) >= 11 is 0. The summed E-state index contributed by atoms with van der Waals surface area (Å²) < 4.78 is 12.1. The zero-order valence-corrected chi connectivity index (χ0v) is 15.6. The fraction of sp³-hybridized carbons (Fsp3) is 0.600. The summed E-state index contributed by atoms with van der Waals surface area (Å²) in [7, 11) is 10.0. The van der Waals surface area contributed by atoms with E-state index in [-0.39, 0.29) is 0 Å². The molecule has 0 spiro atoms. The Kier molecular flexibility index (Phi) is 7.53. The molecular formula is C15H29N4O2P. The van der Waals surface area contributed by atoms with Crippen LogP contribution in [-0.4, -0.2) is 62.6 Å². The molecule has 1 aromatic carbocycles. The van der Waals surface area contributed by atoms with Gasteiger partial charge in [-0.15, -0.1) is 4.91 Å². The van der Waals surface area contributed by atoms with Crippen LogP contribution in [0.1, 0.15) is 13.3 Å². The summed E-state index contributed by atoms with van der Waals surface area (Å²) in [6.45, 7) is 2.02. The number of hydrogen-bond acceptors (Lipinski definition) is 3. The normalized spacial score (nSPS) is 13.7. The number of ether oxygens (including phenoxy) is 1. The monoisotopic (exact) mass is 328 g/mol. The van der Waals surface area contributed by atoms with Gasteiger partial charge in [0.25, 0.3) is 0 Å². The van der Waals surface area contributed by atoms with Crippen LogP contribution in [0.15, 0.2) is 35.2 Å². The molecule has 0 aliphatic rings. The van der Waals surface area contributed by atoms with Crippen molar-refractivity contribution in [1.82, 2.24) is 14.0 Å². The Balaban J connectivity index is 2.96. The summed E-state index contributed by atoms with van der Waals surface area (Å²) in [5.41, 5.74) is 0. The fourth-order valence-corrected chi connectivity index (χ4v) is 5.05. The summed E-state index contributed by atoms with van der Waals surface area (Å²) in [6, 6.07) is 9.67. The van der Waals surface area contributed by atoms with Gasteiger partial charge in [0.2, 0.25) is 6.29 Å². The fourth-order valence-electron chi connectivity index (χ4n) is 2.24. The molecule has 126 valence electrons. The molecule has 1 atom stereocenters. The van der Waals surface area contributed by atoms with Crippen molar-refractivity contribution < 1.29 is 9.57 Å². The first kappa shape index (κ1) is 19.1. The molecule has 1 unspecified atom stereocenters. The molecular weight excluding hydrogens is 299 g/mol. The molecule has 1 rings (SSSR count). The van der Waals surface area contributed by atoms with Crippen LogP contribution < -0.4 is 4.74 Å². The van der Waals surface area contributed by atoms with Crippen LogP contribution in [0.5, 0.6) is 5.75 Å². The molecule has 0 saturated heterocycles. The van der Waals surface area contributed by atoms with E-state index in [9.17, 15) is 0 Å². The number of benzene rings is 1. The summed E-state index contributed by atoms with van der Waals surface area (Å²) in [5, 5.41) is 0. The van der Waals surface area contributed by atoms with E-state index in [4.69, 9.17) is 9.57 Å². The molecule has 0 heterocycles. The van der Waals surface area contributed by atoms with Crippen molar-refractivity contribution in [2.75, 3.05) is 42.3 Å². The van der Waals surface area contributed by atoms with E-state index in [1.54, 1.807) is 0 Å². The summed E-state index contributed by atoms with van der Waals surface area (Å²) in [4.78, 5) is 10.4. The summed E-state index contributed by atoms with van der Waals surface area (Å²) in [5.74, 6) is 0.785. The number of rotatable bonds is 8. The molecule has 0 saturated carbocycles. The highest BCUT2D eigenvalue weighted by atomic mass is 31.2. The Labute approximate surface area is 134 Å². The van der Waals surface area contributed by atoms with E-state index in [0.717, 1.165) is 5.75 Å². The van der Waals surface area contributed by atoms with Gasteiger partial charge < -0.3 is 4.74 Å². The van der Waals surface area contributed by atoms with E-state index >= 15 is 0 Å². The third kappa shape index (κ3) is 4.54. The standard InChI is InChI=1S/C15H29N4O2P/c1-8-15(20-14-12-10-9-11-13-14)21-16-22(17(2)3,18(4)5)19(6)7/h9-13,15H,8H2,1-7H3. The van der Waals surface area contributed by atoms with Crippen LogP contribution in [-0.2, 0) is 4.84 Å². The molecule has 1 aromatic rings. The number of hydrogen-bond donors (Lipinski definition) is 0. The second-order valence-electron chi connectivity index (χ2n) is 5.53. The number of nitrogens with zero attached hydrogens (tertiary/aromatic N) is 4. The maximum absolute atomic E-state index is 5.84. The van der Waals surface area contributed by atoms with Gasteiger partial charge in [0.1, 0.15) is 5.75 Å². The lowest BCUT2D eigenvalue weighted by atomic mass is 10.3. The average molecular weight is 328 g/mol. The first-order chi connectivity index (χ1) is 10.3. The molecule has 6 nitrogen and oxygen atoms in total. The minimum Gasteiger partial charge on any atom is -0.463 e. The first-order valence-corrected chi connectivity index (χ1v) is 8.97. The van der Waals surface area contributed by atoms with E-state index in [1.165, 1.54) is 0 Å². The molecule has 0 bridgehead atoms. The van der Waals surface area contributed by atoms with E-state index < -0.39 is 13.8 Å². The summed E-state index contributed by atoms with van der Waals surface area (Å²) in [6.07, 6.45) is 0.314. The molecule has 0 N–H and O–H groups in total. The Bertz CT molecular complexity index is 463. The van der Waals surface area contributed by atoms with Crippen LogP contribution in [0, 0.1) is 0 Å². The van der Waals surface area contributed by atoms with Crippen LogP contribution in [0.2, 0.25) is 0 Å². The van der Waals surface area contributed by atoms with E-state index in [2.05, 4.69) is 18.9 Å². The van der Waals surface area contributed by atoms with Crippen molar-refractivity contribution in [2.24, 2.45) is 4.91 Å². The maximum Gasteiger partial charge on any atom is 0.225 e. The molecule has 0 amide bonds. The predicted octanol–water partition coefficient (Wildman–Crippen LogP) is 3.36. The lowest BCUT2D eigenvalue weighted by molar-refractivity contribution is -0.0799. The van der Waals surface area contributed by atoms with Crippen molar-refractivity contribution >= 4 is 7.51 Å². The van der Waals surface area contributed by atoms with Crippen molar-refractivity contribution in [2.45, 2.75) is 19.6 Å². The smallest absolute Gasteiger partial charge is 0.225 e. The first-order valence-electron chi connectivity index (χ1n) is 7.37. The van der Waals surface area contributed by atoms with Gasteiger partial charge in [-0.25, -0.2) is 4.84 Å². The molecule has 0 radical (unpaired) electrons. The third-order valence-electron chi connectivity index (χ3n) is 3.23. The van der Waals surface area contributed by atoms with E-state index in [1.807, 2.05) is 79.5 Å². The van der Waals surface area contributed by atoms with Crippen molar-refractivity contribution in [3.05, 3.63) is 30.3 Å². The quantitative estimate of drug-likeness (QED) is 0.416. The van der Waals surface area contributed by atoms with Crippen LogP contribution in [0.25, 0.3) is 0 Å². The Morgan fingerprint density at radius 2 is 1.45 bits per heavy atom. The van der Waals surface area contributed by atoms with Gasteiger partial charge in [0.05, 0.1) is 0 Å². The second-order valence-corrected chi connectivity index (χ2v) is 9.17.